The van der Waals surface area contributed by atoms with Gasteiger partial charge >= 0.3 is 5.97 Å². The quantitative estimate of drug-likeness (QED) is 0.667. The maximum Gasteiger partial charge on any atom is 0.359 e. The van der Waals surface area contributed by atoms with E-state index < -0.39 is 0 Å². The van der Waals surface area contributed by atoms with E-state index in [9.17, 15) is 4.79 Å². The van der Waals surface area contributed by atoms with Gasteiger partial charge in [0.25, 0.3) is 0 Å². The summed E-state index contributed by atoms with van der Waals surface area (Å²) in [6.07, 6.45) is -0.135. The van der Waals surface area contributed by atoms with Crippen molar-refractivity contribution in [3.8, 4) is 5.75 Å². The average molecular weight is 358 g/mol. The molecule has 3 heterocycles. The zero-order valence-electron chi connectivity index (χ0n) is 14.2. The van der Waals surface area contributed by atoms with Crippen LogP contribution in [-0.2, 0) is 11.8 Å². The number of thiazole rings is 1. The Morgan fingerprint density at radius 3 is 2.84 bits per heavy atom. The number of hydrogen-bond acceptors (Lipinski definition) is 7. The minimum Gasteiger partial charge on any atom is -0.494 e. The largest absolute Gasteiger partial charge is 0.494 e. The Morgan fingerprint density at radius 1 is 1.36 bits per heavy atom. The average Bonchev–Trinajstić information content (AvgIpc) is 3.13. The highest BCUT2D eigenvalue weighted by Crippen LogP contribution is 2.35. The summed E-state index contributed by atoms with van der Waals surface area (Å²) in [5.41, 5.74) is 2.14. The summed E-state index contributed by atoms with van der Waals surface area (Å²) in [5.74, 6) is 0.397. The number of hydrogen-bond donors (Lipinski definition) is 0. The van der Waals surface area contributed by atoms with Crippen LogP contribution >= 0.6 is 11.3 Å². The standard InChI is InChI=1S/C17H18N4O3S/c1-10-7-12(19-20(10)2)16(22)24-11-8-21(9-11)17-18-15-13(23-3)5-4-6-14(15)25-17/h4-7,11H,8-9H2,1-3H3. The van der Waals surface area contributed by atoms with E-state index in [2.05, 4.69) is 15.0 Å². The molecule has 1 saturated heterocycles. The number of carbonyl (C=O) groups excluding carboxylic acids is 1. The number of methoxy groups -OCH3 is 1. The normalized spacial score (nSPS) is 14.6. The van der Waals surface area contributed by atoms with Crippen molar-refractivity contribution in [2.24, 2.45) is 7.05 Å². The Labute approximate surface area is 148 Å². The summed E-state index contributed by atoms with van der Waals surface area (Å²) < 4.78 is 13.6. The molecule has 0 saturated carbocycles. The van der Waals surface area contributed by atoms with Gasteiger partial charge in [0.05, 0.1) is 24.9 Å². The van der Waals surface area contributed by atoms with Crippen LogP contribution < -0.4 is 9.64 Å². The topological polar surface area (TPSA) is 69.5 Å². The molecule has 0 amide bonds. The van der Waals surface area contributed by atoms with Crippen LogP contribution in [0.5, 0.6) is 5.75 Å². The highest BCUT2D eigenvalue weighted by atomic mass is 32.1. The molecule has 0 bridgehead atoms. The van der Waals surface area contributed by atoms with E-state index in [-0.39, 0.29) is 12.1 Å². The number of esters is 1. The molecule has 1 fully saturated rings. The molecule has 1 aromatic carbocycles. The first-order valence-electron chi connectivity index (χ1n) is 7.95. The predicted octanol–water partition coefficient (Wildman–Crippen LogP) is 2.39. The van der Waals surface area contributed by atoms with Crippen LogP contribution in [0.1, 0.15) is 16.2 Å². The van der Waals surface area contributed by atoms with Gasteiger partial charge in [0, 0.05) is 12.7 Å². The molecule has 25 heavy (non-hydrogen) atoms. The lowest BCUT2D eigenvalue weighted by Crippen LogP contribution is -2.53. The zero-order chi connectivity index (χ0) is 17.6. The monoisotopic (exact) mass is 358 g/mol. The first kappa shape index (κ1) is 15.9. The number of aromatic nitrogens is 3. The van der Waals surface area contributed by atoms with E-state index in [4.69, 9.17) is 9.47 Å². The first-order chi connectivity index (χ1) is 12.0. The molecule has 0 unspecified atom stereocenters. The number of benzene rings is 1. The molecule has 1 aliphatic heterocycles. The second-order valence-corrected chi connectivity index (χ2v) is 7.04. The number of para-hydroxylation sites is 1. The maximum absolute atomic E-state index is 12.1. The van der Waals surface area contributed by atoms with Crippen LogP contribution in [-0.4, -0.2) is 47.0 Å². The van der Waals surface area contributed by atoms with Crippen LogP contribution in [0, 0.1) is 6.92 Å². The Kier molecular flexibility index (Phi) is 3.84. The minimum absolute atomic E-state index is 0.135. The lowest BCUT2D eigenvalue weighted by molar-refractivity contribution is 0.0226. The van der Waals surface area contributed by atoms with Crippen LogP contribution in [0.15, 0.2) is 24.3 Å². The lowest BCUT2D eigenvalue weighted by Gasteiger charge is -2.37. The van der Waals surface area contributed by atoms with Crippen molar-refractivity contribution in [1.29, 1.82) is 0 Å². The van der Waals surface area contributed by atoms with Crippen molar-refractivity contribution < 1.29 is 14.3 Å². The zero-order valence-corrected chi connectivity index (χ0v) is 15.0. The second-order valence-electron chi connectivity index (χ2n) is 6.03. The fourth-order valence-electron chi connectivity index (χ4n) is 2.75. The Balaban J connectivity index is 1.41. The van der Waals surface area contributed by atoms with Crippen molar-refractivity contribution in [1.82, 2.24) is 14.8 Å². The lowest BCUT2D eigenvalue weighted by atomic mass is 10.2. The van der Waals surface area contributed by atoms with E-state index >= 15 is 0 Å². The summed E-state index contributed by atoms with van der Waals surface area (Å²) in [5, 5.41) is 5.07. The molecule has 1 aliphatic rings. The first-order valence-corrected chi connectivity index (χ1v) is 8.77. The van der Waals surface area contributed by atoms with Gasteiger partial charge in [-0.1, -0.05) is 17.4 Å². The number of carbonyl (C=O) groups is 1. The van der Waals surface area contributed by atoms with Crippen molar-refractivity contribution in [2.75, 3.05) is 25.1 Å². The Hall–Kier alpha value is -2.61. The van der Waals surface area contributed by atoms with E-state index in [1.807, 2.05) is 25.1 Å². The SMILES string of the molecule is COc1cccc2sc(N3CC(OC(=O)c4cc(C)n(C)n4)C3)nc12. The Bertz CT molecular complexity index is 923. The fourth-order valence-corrected chi connectivity index (χ4v) is 3.75. The van der Waals surface area contributed by atoms with E-state index in [1.54, 1.807) is 36.2 Å². The van der Waals surface area contributed by atoms with Gasteiger partial charge < -0.3 is 14.4 Å². The van der Waals surface area contributed by atoms with Gasteiger partial charge in [0.2, 0.25) is 0 Å². The third-order valence-corrected chi connectivity index (χ3v) is 5.39. The van der Waals surface area contributed by atoms with Gasteiger partial charge in [-0.3, -0.25) is 4.68 Å². The number of aryl methyl sites for hydroxylation is 2. The number of nitrogens with zero attached hydrogens (tertiary/aromatic N) is 4. The van der Waals surface area contributed by atoms with Crippen molar-refractivity contribution >= 4 is 32.7 Å². The molecular formula is C17H18N4O3S. The molecule has 8 heteroatoms. The smallest absolute Gasteiger partial charge is 0.359 e. The summed E-state index contributed by atoms with van der Waals surface area (Å²) in [6.45, 7) is 3.18. The molecule has 0 radical (unpaired) electrons. The minimum atomic E-state index is -0.376. The molecule has 0 atom stereocenters. The number of rotatable bonds is 4. The Morgan fingerprint density at radius 2 is 2.16 bits per heavy atom. The van der Waals surface area contributed by atoms with Crippen molar-refractivity contribution in [3.05, 3.63) is 35.7 Å². The second kappa shape index (κ2) is 6.03. The van der Waals surface area contributed by atoms with Crippen LogP contribution in [0.4, 0.5) is 5.13 Å². The predicted molar refractivity (Wildman–Crippen MR) is 95.5 cm³/mol. The summed E-state index contributed by atoms with van der Waals surface area (Å²) in [6, 6.07) is 7.62. The molecule has 7 nitrogen and oxygen atoms in total. The summed E-state index contributed by atoms with van der Waals surface area (Å²) in [7, 11) is 3.45. The number of fused-ring (bicyclic) bond motifs is 1. The van der Waals surface area contributed by atoms with Crippen molar-refractivity contribution in [2.45, 2.75) is 13.0 Å². The molecule has 0 N–H and O–H groups in total. The third-order valence-electron chi connectivity index (χ3n) is 4.31. The van der Waals surface area contributed by atoms with E-state index in [0.717, 1.165) is 26.8 Å². The van der Waals surface area contributed by atoms with E-state index in [0.29, 0.717) is 18.8 Å². The summed E-state index contributed by atoms with van der Waals surface area (Å²) >= 11 is 1.61. The van der Waals surface area contributed by atoms with Gasteiger partial charge in [-0.05, 0) is 25.1 Å². The van der Waals surface area contributed by atoms with Gasteiger partial charge in [0.1, 0.15) is 17.4 Å². The molecule has 3 aromatic rings. The maximum atomic E-state index is 12.1. The third kappa shape index (κ3) is 2.82. The van der Waals surface area contributed by atoms with Crippen LogP contribution in [0.2, 0.25) is 0 Å². The van der Waals surface area contributed by atoms with Gasteiger partial charge in [0.15, 0.2) is 10.8 Å². The number of anilines is 1. The molecule has 0 aliphatic carbocycles. The highest BCUT2D eigenvalue weighted by Gasteiger charge is 2.33. The molecule has 4 rings (SSSR count). The van der Waals surface area contributed by atoms with Gasteiger partial charge in [-0.2, -0.15) is 5.10 Å². The summed E-state index contributed by atoms with van der Waals surface area (Å²) in [4.78, 5) is 18.9. The van der Waals surface area contributed by atoms with Gasteiger partial charge in [-0.15, -0.1) is 0 Å². The molecule has 0 spiro atoms. The molecule has 2 aromatic heterocycles. The number of ether oxygens (including phenoxy) is 2. The van der Waals surface area contributed by atoms with Crippen molar-refractivity contribution in [3.63, 3.8) is 0 Å². The van der Waals surface area contributed by atoms with Gasteiger partial charge in [-0.25, -0.2) is 9.78 Å². The van der Waals surface area contributed by atoms with Crippen LogP contribution in [0.25, 0.3) is 10.2 Å². The highest BCUT2D eigenvalue weighted by molar-refractivity contribution is 7.22. The van der Waals surface area contributed by atoms with Crippen LogP contribution in [0.3, 0.4) is 0 Å². The molecule has 130 valence electrons. The molecular weight excluding hydrogens is 340 g/mol. The van der Waals surface area contributed by atoms with E-state index in [1.165, 1.54) is 0 Å². The fraction of sp³-hybridized carbons (Fsp3) is 0.353.